The number of piperidine rings is 1. The molecule has 1 aromatic heterocycles. The first-order chi connectivity index (χ1) is 15.4. The molecule has 0 radical (unpaired) electrons. The van der Waals surface area contributed by atoms with Crippen LogP contribution < -0.4 is 5.56 Å². The van der Waals surface area contributed by atoms with Crippen LogP contribution in [0.1, 0.15) is 35.8 Å². The molecule has 1 amide bonds. The minimum absolute atomic E-state index is 0.151. The highest BCUT2D eigenvalue weighted by Gasteiger charge is 2.25. The summed E-state index contributed by atoms with van der Waals surface area (Å²) in [5.74, 6) is -0.275. The Balaban J connectivity index is 1.71. The molecule has 1 saturated heterocycles. The van der Waals surface area contributed by atoms with Gasteiger partial charge in [0.2, 0.25) is 0 Å². The lowest BCUT2D eigenvalue weighted by molar-refractivity contribution is -0.135. The predicted octanol–water partition coefficient (Wildman–Crippen LogP) is 3.93. The van der Waals surface area contributed by atoms with Crippen molar-refractivity contribution >= 4 is 22.6 Å². The van der Waals surface area contributed by atoms with E-state index in [4.69, 9.17) is 4.74 Å². The Morgan fingerprint density at radius 1 is 1.00 bits per heavy atom. The average molecular weight is 433 g/mol. The van der Waals surface area contributed by atoms with Gasteiger partial charge in [0.25, 0.3) is 11.5 Å². The molecule has 166 valence electrons. The SMILES string of the molecule is Cc1ccc(-c2c(C(=O)OCC(=O)N3CCC(C)CC3)n(C)c(=O)c3ccccc23)cc1. The second-order valence-electron chi connectivity index (χ2n) is 8.64. The number of carbonyl (C=O) groups excluding carboxylic acids is 2. The van der Waals surface area contributed by atoms with Crippen molar-refractivity contribution in [3.63, 3.8) is 0 Å². The maximum absolute atomic E-state index is 13.2. The number of ether oxygens (including phenoxy) is 1. The van der Waals surface area contributed by atoms with E-state index in [1.54, 1.807) is 24.1 Å². The number of fused-ring (bicyclic) bond motifs is 1. The van der Waals surface area contributed by atoms with E-state index in [-0.39, 0.29) is 23.8 Å². The second-order valence-corrected chi connectivity index (χ2v) is 8.64. The van der Waals surface area contributed by atoms with Crippen LogP contribution in [-0.4, -0.2) is 41.0 Å². The highest BCUT2D eigenvalue weighted by Crippen LogP contribution is 2.31. The molecule has 0 bridgehead atoms. The molecule has 2 heterocycles. The minimum Gasteiger partial charge on any atom is -0.451 e. The highest BCUT2D eigenvalue weighted by atomic mass is 16.5. The van der Waals surface area contributed by atoms with Gasteiger partial charge < -0.3 is 14.2 Å². The lowest BCUT2D eigenvalue weighted by atomic mass is 9.96. The fourth-order valence-electron chi connectivity index (χ4n) is 4.26. The minimum atomic E-state index is -0.676. The Morgan fingerprint density at radius 2 is 1.62 bits per heavy atom. The standard InChI is InChI=1S/C26H28N2O4/c1-17-8-10-19(11-9-17)23-20-6-4-5-7-21(20)25(30)27(3)24(23)26(31)32-16-22(29)28-14-12-18(2)13-15-28/h4-11,18H,12-16H2,1-3H3. The van der Waals surface area contributed by atoms with E-state index in [0.717, 1.165) is 24.0 Å². The smallest absolute Gasteiger partial charge is 0.356 e. The van der Waals surface area contributed by atoms with E-state index in [1.165, 1.54) is 4.57 Å². The van der Waals surface area contributed by atoms with Crippen LogP contribution in [0.5, 0.6) is 0 Å². The maximum atomic E-state index is 13.2. The van der Waals surface area contributed by atoms with Crippen molar-refractivity contribution in [3.05, 3.63) is 70.1 Å². The van der Waals surface area contributed by atoms with Gasteiger partial charge >= 0.3 is 5.97 Å². The molecule has 1 fully saturated rings. The van der Waals surface area contributed by atoms with Gasteiger partial charge in [0.05, 0.1) is 0 Å². The predicted molar refractivity (Wildman–Crippen MR) is 125 cm³/mol. The van der Waals surface area contributed by atoms with Gasteiger partial charge in [-0.2, -0.15) is 0 Å². The van der Waals surface area contributed by atoms with E-state index >= 15 is 0 Å². The van der Waals surface area contributed by atoms with Crippen molar-refractivity contribution in [2.75, 3.05) is 19.7 Å². The van der Waals surface area contributed by atoms with Gasteiger partial charge in [-0.1, -0.05) is 55.0 Å². The molecule has 6 heteroatoms. The van der Waals surface area contributed by atoms with Crippen LogP contribution in [-0.2, 0) is 16.6 Å². The molecule has 3 aromatic rings. The van der Waals surface area contributed by atoms with Gasteiger partial charge in [-0.25, -0.2) is 4.79 Å². The Hall–Kier alpha value is -3.41. The summed E-state index contributed by atoms with van der Waals surface area (Å²) in [5, 5.41) is 1.21. The molecule has 2 aromatic carbocycles. The number of benzene rings is 2. The Bertz CT molecular complexity index is 1220. The van der Waals surface area contributed by atoms with Gasteiger partial charge in [-0.15, -0.1) is 0 Å². The summed E-state index contributed by atoms with van der Waals surface area (Å²) in [5.41, 5.74) is 2.41. The number of likely N-dealkylation sites (tertiary alicyclic amines) is 1. The molecule has 32 heavy (non-hydrogen) atoms. The van der Waals surface area contributed by atoms with Gasteiger partial charge in [-0.3, -0.25) is 9.59 Å². The van der Waals surface area contributed by atoms with E-state index in [2.05, 4.69) is 6.92 Å². The third-order valence-electron chi connectivity index (χ3n) is 6.30. The third-order valence-corrected chi connectivity index (χ3v) is 6.30. The monoisotopic (exact) mass is 432 g/mol. The summed E-state index contributed by atoms with van der Waals surface area (Å²) >= 11 is 0. The number of pyridine rings is 1. The first kappa shape index (κ1) is 21.8. The number of hydrogen-bond acceptors (Lipinski definition) is 4. The molecule has 0 spiro atoms. The molecule has 0 aliphatic carbocycles. The molecular weight excluding hydrogens is 404 g/mol. The number of nitrogens with zero attached hydrogens (tertiary/aromatic N) is 2. The van der Waals surface area contributed by atoms with E-state index < -0.39 is 5.97 Å². The second kappa shape index (κ2) is 8.99. The zero-order valence-electron chi connectivity index (χ0n) is 18.8. The van der Waals surface area contributed by atoms with Crippen LogP contribution in [0.25, 0.3) is 21.9 Å². The Kier molecular flexibility index (Phi) is 6.12. The summed E-state index contributed by atoms with van der Waals surface area (Å²) in [6.07, 6.45) is 1.91. The highest BCUT2D eigenvalue weighted by molar-refractivity contribution is 6.07. The first-order valence-electron chi connectivity index (χ1n) is 11.0. The molecule has 6 nitrogen and oxygen atoms in total. The first-order valence-corrected chi connectivity index (χ1v) is 11.0. The van der Waals surface area contributed by atoms with E-state index in [0.29, 0.717) is 35.3 Å². The number of rotatable bonds is 4. The van der Waals surface area contributed by atoms with Crippen molar-refractivity contribution < 1.29 is 14.3 Å². The fourth-order valence-corrected chi connectivity index (χ4v) is 4.26. The van der Waals surface area contributed by atoms with Crippen molar-refractivity contribution in [1.82, 2.24) is 9.47 Å². The number of carbonyl (C=O) groups is 2. The summed E-state index contributed by atoms with van der Waals surface area (Å²) in [6, 6.07) is 15.0. The number of aryl methyl sites for hydroxylation is 1. The van der Waals surface area contributed by atoms with Crippen LogP contribution >= 0.6 is 0 Å². The van der Waals surface area contributed by atoms with Crippen LogP contribution in [0.4, 0.5) is 0 Å². The third kappa shape index (κ3) is 4.17. The van der Waals surface area contributed by atoms with Crippen molar-refractivity contribution in [2.45, 2.75) is 26.7 Å². The molecule has 0 unspecified atom stereocenters. The summed E-state index contributed by atoms with van der Waals surface area (Å²) in [4.78, 5) is 40.5. The molecule has 1 aliphatic rings. The van der Waals surface area contributed by atoms with Crippen LogP contribution in [0, 0.1) is 12.8 Å². The zero-order valence-corrected chi connectivity index (χ0v) is 18.8. The Labute approximate surface area is 187 Å². The van der Waals surface area contributed by atoms with Gasteiger partial charge in [0.15, 0.2) is 6.61 Å². The zero-order chi connectivity index (χ0) is 22.8. The largest absolute Gasteiger partial charge is 0.451 e. The number of amides is 1. The van der Waals surface area contributed by atoms with Crippen molar-refractivity contribution in [3.8, 4) is 11.1 Å². The molecule has 0 saturated carbocycles. The van der Waals surface area contributed by atoms with Gasteiger partial charge in [0.1, 0.15) is 5.69 Å². The maximum Gasteiger partial charge on any atom is 0.356 e. The normalized spacial score (nSPS) is 14.5. The topological polar surface area (TPSA) is 68.6 Å². The molecule has 4 rings (SSSR count). The number of hydrogen-bond donors (Lipinski definition) is 0. The van der Waals surface area contributed by atoms with Gasteiger partial charge in [-0.05, 0) is 42.7 Å². The van der Waals surface area contributed by atoms with Crippen LogP contribution in [0.2, 0.25) is 0 Å². The van der Waals surface area contributed by atoms with E-state index in [1.807, 2.05) is 43.3 Å². The van der Waals surface area contributed by atoms with E-state index in [9.17, 15) is 14.4 Å². The molecular formula is C26H28N2O4. The number of aromatic nitrogens is 1. The van der Waals surface area contributed by atoms with Crippen molar-refractivity contribution in [2.24, 2.45) is 13.0 Å². The fraction of sp³-hybridized carbons (Fsp3) is 0.346. The lowest BCUT2D eigenvalue weighted by Gasteiger charge is -2.30. The van der Waals surface area contributed by atoms with Crippen LogP contribution in [0.3, 0.4) is 0 Å². The quantitative estimate of drug-likeness (QED) is 0.586. The summed E-state index contributed by atoms with van der Waals surface area (Å²) < 4.78 is 6.78. The molecule has 0 atom stereocenters. The summed E-state index contributed by atoms with van der Waals surface area (Å²) in [6.45, 7) is 5.20. The average Bonchev–Trinajstić information content (AvgIpc) is 2.80. The number of esters is 1. The Morgan fingerprint density at radius 3 is 2.28 bits per heavy atom. The van der Waals surface area contributed by atoms with Gasteiger partial charge in [0, 0.05) is 31.1 Å². The molecule has 0 N–H and O–H groups in total. The summed E-state index contributed by atoms with van der Waals surface area (Å²) in [7, 11) is 1.57. The van der Waals surface area contributed by atoms with Crippen molar-refractivity contribution in [1.29, 1.82) is 0 Å². The lowest BCUT2D eigenvalue weighted by Crippen LogP contribution is -2.40. The molecule has 1 aliphatic heterocycles. The van der Waals surface area contributed by atoms with Crippen LogP contribution in [0.15, 0.2) is 53.3 Å².